The molecule has 0 heterocycles. The van der Waals surface area contributed by atoms with Gasteiger partial charge in [0.15, 0.2) is 6.10 Å². The lowest BCUT2D eigenvalue weighted by Gasteiger charge is -2.18. The van der Waals surface area contributed by atoms with Crippen molar-refractivity contribution in [2.75, 3.05) is 13.2 Å². The van der Waals surface area contributed by atoms with Crippen LogP contribution >= 0.6 is 0 Å². The number of rotatable bonds is 65. The zero-order chi connectivity index (χ0) is 59.9. The molecule has 0 bridgehead atoms. The highest BCUT2D eigenvalue weighted by molar-refractivity contribution is 5.71. The van der Waals surface area contributed by atoms with Gasteiger partial charge in [0.05, 0.1) is 0 Å². The Kier molecular flexibility index (Phi) is 67.7. The number of hydrogen-bond donors (Lipinski definition) is 0. The van der Waals surface area contributed by atoms with Crippen LogP contribution in [-0.2, 0) is 28.6 Å². The van der Waals surface area contributed by atoms with Crippen LogP contribution in [-0.4, -0.2) is 37.2 Å². The van der Waals surface area contributed by atoms with Crippen LogP contribution in [0.25, 0.3) is 0 Å². The van der Waals surface area contributed by atoms with E-state index in [9.17, 15) is 14.4 Å². The minimum atomic E-state index is -0.784. The Hall–Kier alpha value is -3.67. The number of carbonyl (C=O) groups is 3. The molecule has 0 N–H and O–H groups in total. The molecule has 0 aliphatic carbocycles. The van der Waals surface area contributed by atoms with Crippen molar-refractivity contribution in [3.05, 3.63) is 97.2 Å². The van der Waals surface area contributed by atoms with Gasteiger partial charge >= 0.3 is 17.9 Å². The first-order chi connectivity index (χ1) is 41.0. The van der Waals surface area contributed by atoms with Crippen molar-refractivity contribution in [1.29, 1.82) is 0 Å². The first-order valence-corrected chi connectivity index (χ1v) is 35.7. The third kappa shape index (κ3) is 69.0. The Labute approximate surface area is 515 Å². The highest BCUT2D eigenvalue weighted by Crippen LogP contribution is 2.17. The highest BCUT2D eigenvalue weighted by atomic mass is 16.6. The van der Waals surface area contributed by atoms with Crippen LogP contribution in [0.3, 0.4) is 0 Å². The maximum atomic E-state index is 12.9. The summed E-state index contributed by atoms with van der Waals surface area (Å²) in [6, 6.07) is 0. The van der Waals surface area contributed by atoms with E-state index in [4.69, 9.17) is 14.2 Å². The molecule has 6 heteroatoms. The van der Waals surface area contributed by atoms with Gasteiger partial charge in [-0.2, -0.15) is 0 Å². The molecular weight excluding hydrogens is 1020 g/mol. The Morgan fingerprint density at radius 2 is 0.482 bits per heavy atom. The van der Waals surface area contributed by atoms with Gasteiger partial charge in [-0.1, -0.05) is 317 Å². The van der Waals surface area contributed by atoms with Crippen LogP contribution < -0.4 is 0 Å². The number of carbonyl (C=O) groups excluding carboxylic acids is 3. The van der Waals surface area contributed by atoms with Gasteiger partial charge in [0.2, 0.25) is 0 Å². The highest BCUT2D eigenvalue weighted by Gasteiger charge is 2.19. The molecule has 83 heavy (non-hydrogen) atoms. The molecule has 0 saturated carbocycles. The molecule has 0 radical (unpaired) electrons. The van der Waals surface area contributed by atoms with E-state index in [1.54, 1.807) is 0 Å². The minimum absolute atomic E-state index is 0.0789. The summed E-state index contributed by atoms with van der Waals surface area (Å²) in [5.41, 5.74) is 0. The van der Waals surface area contributed by atoms with Gasteiger partial charge in [0, 0.05) is 19.3 Å². The fourth-order valence-electron chi connectivity index (χ4n) is 10.2. The predicted octanol–water partition coefficient (Wildman–Crippen LogP) is 24.8. The molecule has 0 rings (SSSR count). The standard InChI is InChI=1S/C77H134O6/c1-4-7-10-13-16-19-22-24-26-28-30-32-34-36-37-38-39-41-42-44-46-48-50-52-55-58-61-64-67-70-76(79)82-73-74(72-81-75(78)69-66-63-60-57-54-21-18-15-12-9-6-3)83-77(80)71-68-65-62-59-56-53-51-49-47-45-43-40-35-33-31-29-27-25-23-20-17-14-11-8-5-2/h7,10,15-16,18-19,23-26,29-32,35,40,74H,4-6,8-9,11-14,17,20-22,27-28,33-34,36-39,41-73H2,1-3H3/b10-7-,18-15-,19-16-,25-23-,26-24-,31-29-,32-30-,40-35-. The van der Waals surface area contributed by atoms with Gasteiger partial charge in [-0.15, -0.1) is 0 Å². The van der Waals surface area contributed by atoms with Crippen LogP contribution in [0, 0.1) is 0 Å². The van der Waals surface area contributed by atoms with E-state index in [1.807, 2.05) is 0 Å². The second-order valence-electron chi connectivity index (χ2n) is 23.8. The maximum Gasteiger partial charge on any atom is 0.306 e. The fraction of sp³-hybridized carbons (Fsp3) is 0.753. The predicted molar refractivity (Wildman–Crippen MR) is 362 cm³/mol. The van der Waals surface area contributed by atoms with Gasteiger partial charge in [-0.05, 0) is 116 Å². The Morgan fingerprint density at radius 3 is 0.783 bits per heavy atom. The zero-order valence-electron chi connectivity index (χ0n) is 54.9. The summed E-state index contributed by atoms with van der Waals surface area (Å²) in [6.07, 6.45) is 95.9. The van der Waals surface area contributed by atoms with Gasteiger partial charge in [-0.25, -0.2) is 0 Å². The van der Waals surface area contributed by atoms with Gasteiger partial charge in [0.1, 0.15) is 13.2 Å². The van der Waals surface area contributed by atoms with Gasteiger partial charge < -0.3 is 14.2 Å². The largest absolute Gasteiger partial charge is 0.462 e. The first kappa shape index (κ1) is 79.3. The third-order valence-electron chi connectivity index (χ3n) is 15.5. The zero-order valence-corrected chi connectivity index (χ0v) is 54.9. The van der Waals surface area contributed by atoms with Gasteiger partial charge in [-0.3, -0.25) is 14.4 Å². The molecule has 0 spiro atoms. The maximum absolute atomic E-state index is 12.9. The van der Waals surface area contributed by atoms with Crippen molar-refractivity contribution >= 4 is 17.9 Å². The lowest BCUT2D eigenvalue weighted by Crippen LogP contribution is -2.30. The van der Waals surface area contributed by atoms with E-state index in [0.717, 1.165) is 103 Å². The van der Waals surface area contributed by atoms with E-state index in [-0.39, 0.29) is 31.1 Å². The summed E-state index contributed by atoms with van der Waals surface area (Å²) in [7, 11) is 0. The lowest BCUT2D eigenvalue weighted by molar-refractivity contribution is -0.167. The van der Waals surface area contributed by atoms with E-state index in [1.165, 1.54) is 212 Å². The van der Waals surface area contributed by atoms with Crippen LogP contribution in [0.4, 0.5) is 0 Å². The lowest BCUT2D eigenvalue weighted by atomic mass is 10.0. The Bertz CT molecular complexity index is 1610. The molecule has 6 nitrogen and oxygen atoms in total. The molecule has 0 aromatic heterocycles. The van der Waals surface area contributed by atoms with Crippen molar-refractivity contribution in [2.24, 2.45) is 0 Å². The van der Waals surface area contributed by atoms with Crippen LogP contribution in [0.2, 0.25) is 0 Å². The average molecular weight is 1160 g/mol. The van der Waals surface area contributed by atoms with Crippen molar-refractivity contribution in [3.8, 4) is 0 Å². The Balaban J connectivity index is 4.21. The topological polar surface area (TPSA) is 78.9 Å². The monoisotopic (exact) mass is 1160 g/mol. The average Bonchev–Trinajstić information content (AvgIpc) is 3.48. The number of allylic oxidation sites excluding steroid dienone is 16. The molecule has 0 aromatic carbocycles. The summed E-state index contributed by atoms with van der Waals surface area (Å²) < 4.78 is 17.0. The molecule has 0 saturated heterocycles. The molecule has 0 aromatic rings. The number of unbranched alkanes of at least 4 members (excludes halogenated alkanes) is 38. The number of esters is 3. The van der Waals surface area contributed by atoms with E-state index in [0.29, 0.717) is 19.3 Å². The molecule has 478 valence electrons. The number of hydrogen-bond acceptors (Lipinski definition) is 6. The molecule has 0 aliphatic rings. The smallest absolute Gasteiger partial charge is 0.306 e. The molecular formula is C77H134O6. The van der Waals surface area contributed by atoms with Gasteiger partial charge in [0.25, 0.3) is 0 Å². The molecule has 1 atom stereocenters. The SMILES string of the molecule is CC/C=C\C/C=C\C/C=C\C/C=C\CCCCCCCCCCCCCCCCCCC(=O)OCC(COC(=O)CCCCCCC/C=C\CCCC)OC(=O)CCCCCCCCCCCC/C=C\C/C=C\C/C=C\CCCCCCC. The second-order valence-corrected chi connectivity index (χ2v) is 23.8. The summed E-state index contributed by atoms with van der Waals surface area (Å²) in [5.74, 6) is -0.877. The van der Waals surface area contributed by atoms with E-state index >= 15 is 0 Å². The molecule has 0 fully saturated rings. The minimum Gasteiger partial charge on any atom is -0.462 e. The van der Waals surface area contributed by atoms with Crippen LogP contribution in [0.5, 0.6) is 0 Å². The van der Waals surface area contributed by atoms with Crippen molar-refractivity contribution in [1.82, 2.24) is 0 Å². The van der Waals surface area contributed by atoms with Crippen LogP contribution in [0.1, 0.15) is 355 Å². The van der Waals surface area contributed by atoms with Crippen LogP contribution in [0.15, 0.2) is 97.2 Å². The second kappa shape index (κ2) is 70.8. The summed E-state index contributed by atoms with van der Waals surface area (Å²) in [6.45, 7) is 6.51. The summed E-state index contributed by atoms with van der Waals surface area (Å²) in [5, 5.41) is 0. The summed E-state index contributed by atoms with van der Waals surface area (Å²) in [4.78, 5) is 38.4. The van der Waals surface area contributed by atoms with Crippen molar-refractivity contribution in [3.63, 3.8) is 0 Å². The number of ether oxygens (including phenoxy) is 3. The third-order valence-corrected chi connectivity index (χ3v) is 15.5. The first-order valence-electron chi connectivity index (χ1n) is 35.7. The molecule has 0 amide bonds. The van der Waals surface area contributed by atoms with E-state index < -0.39 is 6.10 Å². The molecule has 1 unspecified atom stereocenters. The fourth-order valence-corrected chi connectivity index (χ4v) is 10.2. The summed E-state index contributed by atoms with van der Waals surface area (Å²) >= 11 is 0. The van der Waals surface area contributed by atoms with Crippen molar-refractivity contribution in [2.45, 2.75) is 361 Å². The quantitative estimate of drug-likeness (QED) is 0.0261. The van der Waals surface area contributed by atoms with Crippen molar-refractivity contribution < 1.29 is 28.6 Å². The normalized spacial score (nSPS) is 12.7. The Morgan fingerprint density at radius 1 is 0.253 bits per heavy atom. The van der Waals surface area contributed by atoms with E-state index in [2.05, 4.69) is 118 Å². The molecule has 0 aliphatic heterocycles.